The van der Waals surface area contributed by atoms with Gasteiger partial charge in [-0.15, -0.1) is 0 Å². The van der Waals surface area contributed by atoms with Gasteiger partial charge in [-0.1, -0.05) is 25.0 Å². The lowest BCUT2D eigenvalue weighted by atomic mass is 9.81. The number of ether oxygens (including phenoxy) is 1. The van der Waals surface area contributed by atoms with Crippen LogP contribution in [0.3, 0.4) is 0 Å². The largest absolute Gasteiger partial charge is 0.495 e. The van der Waals surface area contributed by atoms with Crippen molar-refractivity contribution < 1.29 is 14.3 Å². The van der Waals surface area contributed by atoms with E-state index in [0.29, 0.717) is 17.5 Å². The first-order valence-electron chi connectivity index (χ1n) is 9.41. The van der Waals surface area contributed by atoms with Crippen LogP contribution in [0.4, 0.5) is 5.69 Å². The molecule has 2 aliphatic carbocycles. The van der Waals surface area contributed by atoms with Crippen LogP contribution in [0.1, 0.15) is 51.4 Å². The summed E-state index contributed by atoms with van der Waals surface area (Å²) in [6.45, 7) is 0. The van der Waals surface area contributed by atoms with E-state index in [4.69, 9.17) is 4.74 Å². The van der Waals surface area contributed by atoms with Crippen molar-refractivity contribution in [2.75, 3.05) is 12.4 Å². The lowest BCUT2D eigenvalue weighted by Gasteiger charge is -2.28. The molecule has 3 rings (SSSR count). The van der Waals surface area contributed by atoms with E-state index in [9.17, 15) is 9.59 Å². The topological polar surface area (TPSA) is 67.4 Å². The fourth-order valence-corrected chi connectivity index (χ4v) is 3.99. The number of para-hydroxylation sites is 2. The highest BCUT2D eigenvalue weighted by Gasteiger charge is 2.31. The molecule has 2 aliphatic rings. The van der Waals surface area contributed by atoms with Crippen LogP contribution in [0, 0.1) is 11.8 Å². The second-order valence-corrected chi connectivity index (χ2v) is 7.23. The molecule has 0 saturated heterocycles. The third-order valence-corrected chi connectivity index (χ3v) is 5.54. The Morgan fingerprint density at radius 2 is 1.52 bits per heavy atom. The lowest BCUT2D eigenvalue weighted by Crippen LogP contribution is -2.39. The maximum atomic E-state index is 12.5. The Bertz CT molecular complexity index is 603. The third-order valence-electron chi connectivity index (χ3n) is 5.54. The Balaban J connectivity index is 1.48. The van der Waals surface area contributed by atoms with Gasteiger partial charge in [-0.3, -0.25) is 9.59 Å². The number of benzene rings is 1. The van der Waals surface area contributed by atoms with Gasteiger partial charge < -0.3 is 15.4 Å². The monoisotopic (exact) mass is 344 g/mol. The number of nitrogens with one attached hydrogen (secondary N) is 2. The molecule has 0 heterocycles. The van der Waals surface area contributed by atoms with Crippen molar-refractivity contribution in [3.05, 3.63) is 24.3 Å². The normalized spacial score (nSPS) is 23.9. The van der Waals surface area contributed by atoms with Crippen molar-refractivity contribution in [3.63, 3.8) is 0 Å². The van der Waals surface area contributed by atoms with Crippen molar-refractivity contribution in [2.24, 2.45) is 11.8 Å². The molecular formula is C20H28N2O3. The molecule has 136 valence electrons. The average Bonchev–Trinajstić information content (AvgIpc) is 3.15. The van der Waals surface area contributed by atoms with Crippen LogP contribution < -0.4 is 15.4 Å². The summed E-state index contributed by atoms with van der Waals surface area (Å²) in [5.41, 5.74) is 0.705. The minimum Gasteiger partial charge on any atom is -0.495 e. The molecule has 5 nitrogen and oxygen atoms in total. The average molecular weight is 344 g/mol. The second kappa shape index (κ2) is 8.37. The molecule has 2 N–H and O–H groups in total. The Kier molecular flexibility index (Phi) is 5.95. The maximum absolute atomic E-state index is 12.5. The van der Waals surface area contributed by atoms with E-state index in [1.807, 2.05) is 24.3 Å². The summed E-state index contributed by atoms with van der Waals surface area (Å²) in [7, 11) is 1.60. The van der Waals surface area contributed by atoms with Gasteiger partial charge in [-0.25, -0.2) is 0 Å². The first-order chi connectivity index (χ1) is 12.2. The van der Waals surface area contributed by atoms with Crippen LogP contribution in [-0.2, 0) is 9.59 Å². The van der Waals surface area contributed by atoms with Crippen LogP contribution in [0.25, 0.3) is 0 Å². The van der Waals surface area contributed by atoms with E-state index in [2.05, 4.69) is 10.6 Å². The molecule has 1 aromatic carbocycles. The zero-order chi connectivity index (χ0) is 17.6. The number of hydrogen-bond donors (Lipinski definition) is 2. The number of methoxy groups -OCH3 is 1. The second-order valence-electron chi connectivity index (χ2n) is 7.23. The van der Waals surface area contributed by atoms with Gasteiger partial charge in [0.2, 0.25) is 11.8 Å². The minimum atomic E-state index is -0.0274. The molecular weight excluding hydrogens is 316 g/mol. The Labute approximate surface area is 149 Å². The Hall–Kier alpha value is -2.04. The Morgan fingerprint density at radius 1 is 0.920 bits per heavy atom. The molecule has 2 saturated carbocycles. The fourth-order valence-electron chi connectivity index (χ4n) is 3.99. The third kappa shape index (κ3) is 4.53. The van der Waals surface area contributed by atoms with E-state index in [1.54, 1.807) is 7.11 Å². The minimum absolute atomic E-state index is 0.0270. The van der Waals surface area contributed by atoms with E-state index in [1.165, 1.54) is 12.8 Å². The summed E-state index contributed by atoms with van der Waals surface area (Å²) in [6.07, 6.45) is 7.80. The van der Waals surface area contributed by atoms with Crippen LogP contribution in [0.2, 0.25) is 0 Å². The van der Waals surface area contributed by atoms with E-state index in [0.717, 1.165) is 38.5 Å². The van der Waals surface area contributed by atoms with Gasteiger partial charge in [0.05, 0.1) is 12.8 Å². The van der Waals surface area contributed by atoms with E-state index < -0.39 is 0 Å². The molecule has 25 heavy (non-hydrogen) atoms. The SMILES string of the molecule is COc1ccccc1NC(=O)C1CCC(C(=O)NC2CCCC2)CC1. The number of amides is 2. The predicted octanol–water partition coefficient (Wildman–Crippen LogP) is 3.50. The molecule has 0 aromatic heterocycles. The van der Waals surface area contributed by atoms with Crippen molar-refractivity contribution in [2.45, 2.75) is 57.4 Å². The van der Waals surface area contributed by atoms with Crippen LogP contribution in [0.5, 0.6) is 5.75 Å². The Morgan fingerprint density at radius 3 is 2.16 bits per heavy atom. The van der Waals surface area contributed by atoms with Gasteiger partial charge in [-0.2, -0.15) is 0 Å². The van der Waals surface area contributed by atoms with Gasteiger partial charge in [0.25, 0.3) is 0 Å². The smallest absolute Gasteiger partial charge is 0.227 e. The molecule has 5 heteroatoms. The first-order valence-corrected chi connectivity index (χ1v) is 9.41. The number of anilines is 1. The summed E-state index contributed by atoms with van der Waals surface area (Å²) >= 11 is 0. The lowest BCUT2D eigenvalue weighted by molar-refractivity contribution is -0.129. The number of carbonyl (C=O) groups is 2. The molecule has 0 bridgehead atoms. The van der Waals surface area contributed by atoms with Crippen LogP contribution in [0.15, 0.2) is 24.3 Å². The summed E-state index contributed by atoms with van der Waals surface area (Å²) < 4.78 is 5.28. The molecule has 0 radical (unpaired) electrons. The van der Waals surface area contributed by atoms with Crippen LogP contribution in [-0.4, -0.2) is 25.0 Å². The number of hydrogen-bond acceptors (Lipinski definition) is 3. The molecule has 2 fully saturated rings. The summed E-state index contributed by atoms with van der Waals surface area (Å²) in [5.74, 6) is 0.923. The highest BCUT2D eigenvalue weighted by atomic mass is 16.5. The van der Waals surface area contributed by atoms with E-state index in [-0.39, 0.29) is 23.7 Å². The van der Waals surface area contributed by atoms with Gasteiger partial charge in [-0.05, 0) is 50.7 Å². The van der Waals surface area contributed by atoms with Crippen molar-refractivity contribution in [1.82, 2.24) is 5.32 Å². The summed E-state index contributed by atoms with van der Waals surface area (Å²) in [5, 5.41) is 6.16. The molecule has 0 spiro atoms. The molecule has 0 aliphatic heterocycles. The van der Waals surface area contributed by atoms with Crippen molar-refractivity contribution >= 4 is 17.5 Å². The summed E-state index contributed by atoms with van der Waals surface area (Å²) in [4.78, 5) is 24.9. The first kappa shape index (κ1) is 17.8. The predicted molar refractivity (Wildman–Crippen MR) is 97.5 cm³/mol. The molecule has 2 amide bonds. The van der Waals surface area contributed by atoms with Gasteiger partial charge >= 0.3 is 0 Å². The van der Waals surface area contributed by atoms with Crippen molar-refractivity contribution in [3.8, 4) is 5.75 Å². The highest BCUT2D eigenvalue weighted by Crippen LogP contribution is 2.31. The summed E-state index contributed by atoms with van der Waals surface area (Å²) in [6, 6.07) is 7.81. The standard InChI is InChI=1S/C20H28N2O3/c1-25-18-9-5-4-8-17(18)22-20(24)15-12-10-14(11-13-15)19(23)21-16-6-2-3-7-16/h4-5,8-9,14-16H,2-3,6-7,10-13H2,1H3,(H,21,23)(H,22,24). The molecule has 0 unspecified atom stereocenters. The number of rotatable bonds is 5. The number of carbonyl (C=O) groups excluding carboxylic acids is 2. The zero-order valence-corrected chi connectivity index (χ0v) is 14.9. The highest BCUT2D eigenvalue weighted by molar-refractivity contribution is 5.94. The van der Waals surface area contributed by atoms with Crippen LogP contribution >= 0.6 is 0 Å². The molecule has 0 atom stereocenters. The van der Waals surface area contributed by atoms with Crippen molar-refractivity contribution in [1.29, 1.82) is 0 Å². The molecule has 1 aromatic rings. The fraction of sp³-hybridized carbons (Fsp3) is 0.600. The van der Waals surface area contributed by atoms with Gasteiger partial charge in [0, 0.05) is 17.9 Å². The zero-order valence-electron chi connectivity index (χ0n) is 14.9. The quantitative estimate of drug-likeness (QED) is 0.859. The maximum Gasteiger partial charge on any atom is 0.227 e. The van der Waals surface area contributed by atoms with Gasteiger partial charge in [0.15, 0.2) is 0 Å². The van der Waals surface area contributed by atoms with E-state index >= 15 is 0 Å². The van der Waals surface area contributed by atoms with Gasteiger partial charge in [0.1, 0.15) is 5.75 Å².